The summed E-state index contributed by atoms with van der Waals surface area (Å²) in [6, 6.07) is 45.4. The standard InChI is InChI=1S/C45H34N4O.Pt/c1-27(2)45(28(3)4)37-16-10-15-35-34-22-20-31(25-41(34)49(42(35)37)44-38(45)17-11-23-46-44)50-30-19-21-32-33-14-8-9-18-40(33)48-26-39(29-12-6-5-7-13-29)47-43(48)36(32)24-30;/h5-23,26-28H,1-4H3;/q-2;+2. The average Bonchev–Trinajstić information content (AvgIpc) is 3.74. The Morgan fingerprint density at radius 1 is 0.667 bits per heavy atom. The quantitative estimate of drug-likeness (QED) is 0.128. The molecule has 0 aliphatic carbocycles. The Morgan fingerprint density at radius 2 is 1.37 bits per heavy atom. The zero-order valence-electron chi connectivity index (χ0n) is 28.7. The first-order valence-corrected chi connectivity index (χ1v) is 17.4. The van der Waals surface area contributed by atoms with E-state index < -0.39 is 0 Å². The van der Waals surface area contributed by atoms with E-state index in [-0.39, 0.29) is 26.5 Å². The third-order valence-corrected chi connectivity index (χ3v) is 11.0. The molecule has 1 aliphatic rings. The summed E-state index contributed by atoms with van der Waals surface area (Å²) in [5, 5.41) is 5.48. The zero-order valence-corrected chi connectivity index (χ0v) is 31.0. The second-order valence-electron chi connectivity index (χ2n) is 14.1. The van der Waals surface area contributed by atoms with Gasteiger partial charge in [0.05, 0.1) is 11.3 Å². The number of benzene rings is 5. The largest absolute Gasteiger partial charge is 2.00 e. The van der Waals surface area contributed by atoms with Crippen LogP contribution in [-0.4, -0.2) is 18.9 Å². The summed E-state index contributed by atoms with van der Waals surface area (Å²) in [4.78, 5) is 10.2. The summed E-state index contributed by atoms with van der Waals surface area (Å²) in [6.07, 6.45) is 4.02. The molecular formula is C45H34N4OPt. The van der Waals surface area contributed by atoms with Crippen molar-refractivity contribution in [3.63, 3.8) is 0 Å². The van der Waals surface area contributed by atoms with Gasteiger partial charge in [-0.25, -0.2) is 4.98 Å². The first-order valence-electron chi connectivity index (χ1n) is 17.4. The Kier molecular flexibility index (Phi) is 7.24. The van der Waals surface area contributed by atoms with Gasteiger partial charge in [-0.3, -0.25) is 4.98 Å². The van der Waals surface area contributed by atoms with Gasteiger partial charge in [0.25, 0.3) is 0 Å². The van der Waals surface area contributed by atoms with E-state index in [1.54, 1.807) is 0 Å². The fourth-order valence-corrected chi connectivity index (χ4v) is 8.98. The van der Waals surface area contributed by atoms with Crippen molar-refractivity contribution in [2.75, 3.05) is 0 Å². The van der Waals surface area contributed by atoms with E-state index >= 15 is 0 Å². The van der Waals surface area contributed by atoms with Crippen LogP contribution in [0.25, 0.3) is 66.2 Å². The number of rotatable bonds is 5. The molecule has 1 aliphatic heterocycles. The fraction of sp³-hybridized carbons (Fsp3) is 0.156. The van der Waals surface area contributed by atoms with Crippen LogP contribution in [0, 0.1) is 24.0 Å². The van der Waals surface area contributed by atoms with Gasteiger partial charge in [0.1, 0.15) is 5.82 Å². The van der Waals surface area contributed by atoms with Crippen molar-refractivity contribution in [2.24, 2.45) is 11.8 Å². The number of aromatic nitrogens is 4. The molecule has 0 N–H and O–H groups in total. The van der Waals surface area contributed by atoms with Crippen LogP contribution in [-0.2, 0) is 26.5 Å². The summed E-state index contributed by atoms with van der Waals surface area (Å²) >= 11 is 0. The van der Waals surface area contributed by atoms with Crippen molar-refractivity contribution in [1.82, 2.24) is 18.9 Å². The molecule has 0 saturated heterocycles. The maximum Gasteiger partial charge on any atom is 2.00 e. The van der Waals surface area contributed by atoms with Crippen LogP contribution in [0.2, 0.25) is 0 Å². The van der Waals surface area contributed by atoms with Gasteiger partial charge in [0, 0.05) is 51.5 Å². The van der Waals surface area contributed by atoms with Gasteiger partial charge in [-0.15, -0.1) is 29.7 Å². The molecule has 5 aromatic carbocycles. The number of imidazole rings is 1. The second kappa shape index (κ2) is 11.6. The fourth-order valence-electron chi connectivity index (χ4n) is 8.98. The maximum atomic E-state index is 6.61. The minimum absolute atomic E-state index is 0. The summed E-state index contributed by atoms with van der Waals surface area (Å²) in [5.41, 5.74) is 8.55. The Labute approximate surface area is 310 Å². The van der Waals surface area contributed by atoms with Crippen molar-refractivity contribution < 1.29 is 25.8 Å². The molecule has 250 valence electrons. The Hall–Kier alpha value is -5.25. The zero-order chi connectivity index (χ0) is 33.7. The molecule has 0 bridgehead atoms. The van der Waals surface area contributed by atoms with Crippen LogP contribution in [0.3, 0.4) is 0 Å². The van der Waals surface area contributed by atoms with Gasteiger partial charge in [-0.2, -0.15) is 6.07 Å². The molecule has 0 amide bonds. The van der Waals surface area contributed by atoms with Crippen LogP contribution >= 0.6 is 0 Å². The number of nitrogens with zero attached hydrogens (tertiary/aromatic N) is 4. The third kappa shape index (κ3) is 4.37. The van der Waals surface area contributed by atoms with E-state index in [0.29, 0.717) is 23.3 Å². The van der Waals surface area contributed by atoms with Crippen molar-refractivity contribution in [3.05, 3.63) is 145 Å². The minimum Gasteiger partial charge on any atom is -0.503 e. The molecule has 5 heterocycles. The Balaban J connectivity index is 0.00000348. The van der Waals surface area contributed by atoms with Gasteiger partial charge < -0.3 is 13.7 Å². The van der Waals surface area contributed by atoms with Crippen molar-refractivity contribution in [1.29, 1.82) is 0 Å². The smallest absolute Gasteiger partial charge is 0.503 e. The number of pyridine rings is 2. The molecule has 0 atom stereocenters. The van der Waals surface area contributed by atoms with Gasteiger partial charge >= 0.3 is 21.1 Å². The molecule has 0 unspecified atom stereocenters. The van der Waals surface area contributed by atoms with Gasteiger partial charge in [-0.05, 0) is 40.3 Å². The molecule has 0 saturated carbocycles. The maximum absolute atomic E-state index is 6.61. The molecule has 6 heteroatoms. The van der Waals surface area contributed by atoms with Crippen LogP contribution in [0.15, 0.2) is 122 Å². The summed E-state index contributed by atoms with van der Waals surface area (Å²) in [5.74, 6) is 2.96. The summed E-state index contributed by atoms with van der Waals surface area (Å²) in [7, 11) is 0. The second-order valence-corrected chi connectivity index (χ2v) is 14.1. The van der Waals surface area contributed by atoms with Crippen LogP contribution in [0.4, 0.5) is 0 Å². The topological polar surface area (TPSA) is 44.4 Å². The van der Waals surface area contributed by atoms with Crippen LogP contribution < -0.4 is 4.74 Å². The number of hydrogen-bond donors (Lipinski definition) is 0. The Bertz CT molecular complexity index is 2800. The third-order valence-electron chi connectivity index (χ3n) is 11.0. The molecule has 9 aromatic rings. The van der Waals surface area contributed by atoms with Crippen molar-refractivity contribution in [3.8, 4) is 28.6 Å². The molecule has 10 rings (SSSR count). The predicted molar refractivity (Wildman–Crippen MR) is 202 cm³/mol. The van der Waals surface area contributed by atoms with E-state index in [1.165, 1.54) is 22.0 Å². The normalized spacial score (nSPS) is 13.5. The number of fused-ring (bicyclic) bond motifs is 11. The SMILES string of the molecule is CC(C)C1(C(C)C)c2cccnc2-n2c3[c-]c(Oc4[c-]c5c(cc4)c4ccccc4n4cc(-c6ccccc6)nc54)ccc3c3cccc1c32.[Pt+2]. The molecule has 51 heavy (non-hydrogen) atoms. The number of ether oxygens (including phenoxy) is 1. The predicted octanol–water partition coefficient (Wildman–Crippen LogP) is 11.1. The van der Waals surface area contributed by atoms with Crippen LogP contribution in [0.5, 0.6) is 11.5 Å². The average molecular weight is 842 g/mol. The van der Waals surface area contributed by atoms with E-state index in [9.17, 15) is 0 Å². The van der Waals surface area contributed by atoms with E-state index in [0.717, 1.165) is 55.3 Å². The minimum atomic E-state index is -0.171. The van der Waals surface area contributed by atoms with Crippen LogP contribution in [0.1, 0.15) is 38.8 Å². The van der Waals surface area contributed by atoms with Gasteiger partial charge in [0.2, 0.25) is 0 Å². The molecule has 4 aromatic heterocycles. The number of para-hydroxylation sites is 2. The van der Waals surface area contributed by atoms with E-state index in [2.05, 4.69) is 134 Å². The molecule has 0 radical (unpaired) electrons. The first kappa shape index (κ1) is 31.7. The monoisotopic (exact) mass is 841 g/mol. The van der Waals surface area contributed by atoms with Crippen molar-refractivity contribution >= 4 is 49.1 Å². The van der Waals surface area contributed by atoms with Gasteiger partial charge in [-0.1, -0.05) is 123 Å². The van der Waals surface area contributed by atoms with Gasteiger partial charge in [0.15, 0.2) is 0 Å². The van der Waals surface area contributed by atoms with Crippen molar-refractivity contribution in [2.45, 2.75) is 33.1 Å². The summed E-state index contributed by atoms with van der Waals surface area (Å²) in [6.45, 7) is 9.37. The number of hydrogen-bond acceptors (Lipinski definition) is 3. The molecular weight excluding hydrogens is 808 g/mol. The molecule has 5 nitrogen and oxygen atoms in total. The van der Waals surface area contributed by atoms with E-state index in [1.807, 2.05) is 36.5 Å². The molecule has 0 spiro atoms. The van der Waals surface area contributed by atoms with E-state index in [4.69, 9.17) is 14.7 Å². The first-order chi connectivity index (χ1) is 24.4. The molecule has 0 fully saturated rings. The Morgan fingerprint density at radius 3 is 2.18 bits per heavy atom. The summed E-state index contributed by atoms with van der Waals surface area (Å²) < 4.78 is 11.1.